The van der Waals surface area contributed by atoms with Gasteiger partial charge in [0.2, 0.25) is 11.9 Å². The molecule has 3 aromatic carbocycles. The monoisotopic (exact) mass is 491 g/mol. The number of Topliss-reactive ketones (excluding diaryl/α,β-unsaturated/α-hetero) is 1. The highest BCUT2D eigenvalue weighted by atomic mass is 16.5. The van der Waals surface area contributed by atoms with Crippen molar-refractivity contribution in [3.63, 3.8) is 0 Å². The first kappa shape index (κ1) is 26.3. The van der Waals surface area contributed by atoms with E-state index in [-0.39, 0.29) is 25.2 Å². The molecule has 0 radical (unpaired) electrons. The van der Waals surface area contributed by atoms with E-state index in [2.05, 4.69) is 5.32 Å². The van der Waals surface area contributed by atoms with Crippen LogP contribution in [-0.4, -0.2) is 39.0 Å². The largest absolute Gasteiger partial charge is 0.493 e. The maximum atomic E-state index is 13.1. The molecule has 1 N–H and O–H groups in total. The van der Waals surface area contributed by atoms with Gasteiger partial charge in [0.15, 0.2) is 17.3 Å². The number of hydrogen-bond acceptors (Lipinski definition) is 7. The quantitative estimate of drug-likeness (QED) is 0.298. The summed E-state index contributed by atoms with van der Waals surface area (Å²) in [6.07, 6.45) is -1.33. The van der Waals surface area contributed by atoms with Crippen LogP contribution >= 0.6 is 0 Å². The van der Waals surface area contributed by atoms with Gasteiger partial charge in [0.1, 0.15) is 0 Å². The lowest BCUT2D eigenvalue weighted by Gasteiger charge is -2.19. The Kier molecular flexibility index (Phi) is 9.45. The van der Waals surface area contributed by atoms with E-state index in [9.17, 15) is 14.4 Å². The van der Waals surface area contributed by atoms with E-state index in [0.717, 1.165) is 0 Å². The molecule has 188 valence electrons. The molecule has 0 fully saturated rings. The van der Waals surface area contributed by atoms with E-state index >= 15 is 0 Å². The van der Waals surface area contributed by atoms with E-state index in [1.807, 2.05) is 6.07 Å². The average Bonchev–Trinajstić information content (AvgIpc) is 2.93. The van der Waals surface area contributed by atoms with Crippen molar-refractivity contribution >= 4 is 17.7 Å². The number of hydrogen-bond donors (Lipinski definition) is 1. The van der Waals surface area contributed by atoms with Crippen LogP contribution in [0.15, 0.2) is 72.8 Å². The molecule has 1 atom stereocenters. The first-order valence-corrected chi connectivity index (χ1v) is 11.4. The molecule has 8 heteroatoms. The van der Waals surface area contributed by atoms with Crippen molar-refractivity contribution in [1.82, 2.24) is 5.32 Å². The molecule has 8 nitrogen and oxygen atoms in total. The predicted molar refractivity (Wildman–Crippen MR) is 133 cm³/mol. The van der Waals surface area contributed by atoms with Gasteiger partial charge in [-0.2, -0.15) is 0 Å². The van der Waals surface area contributed by atoms with Gasteiger partial charge in [-0.25, -0.2) is 0 Å². The minimum absolute atomic E-state index is 0.0165. The van der Waals surface area contributed by atoms with Crippen LogP contribution in [0.2, 0.25) is 0 Å². The number of carbonyl (C=O) groups is 3. The lowest BCUT2D eigenvalue weighted by atomic mass is 10.1. The lowest BCUT2D eigenvalue weighted by molar-refractivity contribution is -0.156. The molecule has 0 heterocycles. The average molecular weight is 492 g/mol. The maximum absolute atomic E-state index is 13.1. The second-order valence-corrected chi connectivity index (χ2v) is 7.82. The molecule has 0 saturated heterocycles. The molecule has 36 heavy (non-hydrogen) atoms. The van der Waals surface area contributed by atoms with Crippen LogP contribution in [0, 0.1) is 0 Å². The number of esters is 1. The Morgan fingerprint density at radius 3 is 1.92 bits per heavy atom. The third-order valence-corrected chi connectivity index (χ3v) is 5.43. The van der Waals surface area contributed by atoms with Gasteiger partial charge in [-0.15, -0.1) is 0 Å². The number of rotatable bonds is 12. The Labute approximate surface area is 210 Å². The number of methoxy groups -OCH3 is 3. The number of nitrogens with one attached hydrogen (secondary N) is 1. The number of benzene rings is 3. The summed E-state index contributed by atoms with van der Waals surface area (Å²) in [7, 11) is 4.52. The zero-order chi connectivity index (χ0) is 25.9. The van der Waals surface area contributed by atoms with Crippen molar-refractivity contribution in [2.45, 2.75) is 25.5 Å². The minimum Gasteiger partial charge on any atom is -0.493 e. The summed E-state index contributed by atoms with van der Waals surface area (Å²) in [6.45, 7) is 0.128. The standard InChI is InChI=1S/C28H29NO7/c1-33-23-16-19(17-24(34-2)27(23)35-3)18-29-28(32)26(21-12-8-5-9-13-21)36-25(31)15-14-22(30)20-10-6-4-7-11-20/h4-13,16-17,26H,14-15,18H2,1-3H3,(H,29,32). The first-order valence-electron chi connectivity index (χ1n) is 11.4. The van der Waals surface area contributed by atoms with Gasteiger partial charge < -0.3 is 24.3 Å². The minimum atomic E-state index is -1.17. The highest BCUT2D eigenvalue weighted by molar-refractivity contribution is 5.97. The lowest BCUT2D eigenvalue weighted by Crippen LogP contribution is -2.32. The fourth-order valence-electron chi connectivity index (χ4n) is 3.59. The topological polar surface area (TPSA) is 100 Å². The SMILES string of the molecule is COc1cc(CNC(=O)C(OC(=O)CCC(=O)c2ccccc2)c2ccccc2)cc(OC)c1OC. The summed E-state index contributed by atoms with van der Waals surface area (Å²) < 4.78 is 21.6. The van der Waals surface area contributed by atoms with Crippen LogP contribution in [0.25, 0.3) is 0 Å². The molecule has 1 amide bonds. The van der Waals surface area contributed by atoms with Crippen LogP contribution < -0.4 is 19.5 Å². The third-order valence-electron chi connectivity index (χ3n) is 5.43. The van der Waals surface area contributed by atoms with Crippen molar-refractivity contribution in [2.24, 2.45) is 0 Å². The van der Waals surface area contributed by atoms with Crippen molar-refractivity contribution in [2.75, 3.05) is 21.3 Å². The van der Waals surface area contributed by atoms with Gasteiger partial charge in [0, 0.05) is 24.1 Å². The molecule has 0 saturated carbocycles. The van der Waals surface area contributed by atoms with E-state index in [4.69, 9.17) is 18.9 Å². The van der Waals surface area contributed by atoms with Gasteiger partial charge in [-0.1, -0.05) is 60.7 Å². The number of ether oxygens (including phenoxy) is 4. The fourth-order valence-corrected chi connectivity index (χ4v) is 3.59. The number of amides is 1. The van der Waals surface area contributed by atoms with Crippen molar-refractivity contribution in [1.29, 1.82) is 0 Å². The van der Waals surface area contributed by atoms with Crippen LogP contribution in [0.1, 0.15) is 40.4 Å². The zero-order valence-electron chi connectivity index (χ0n) is 20.5. The summed E-state index contributed by atoms with van der Waals surface area (Å²) in [5, 5.41) is 2.80. The van der Waals surface area contributed by atoms with Crippen molar-refractivity contribution < 1.29 is 33.3 Å². The highest BCUT2D eigenvalue weighted by Crippen LogP contribution is 2.38. The van der Waals surface area contributed by atoms with E-state index in [0.29, 0.717) is 33.9 Å². The number of carbonyl (C=O) groups excluding carboxylic acids is 3. The molecule has 0 bridgehead atoms. The molecular weight excluding hydrogens is 462 g/mol. The van der Waals surface area contributed by atoms with Crippen molar-refractivity contribution in [3.8, 4) is 17.2 Å². The van der Waals surface area contributed by atoms with Gasteiger partial charge in [0.05, 0.1) is 27.8 Å². The van der Waals surface area contributed by atoms with Gasteiger partial charge >= 0.3 is 5.97 Å². The summed E-state index contributed by atoms with van der Waals surface area (Å²) in [5.74, 6) is 0.0334. The fraction of sp³-hybridized carbons (Fsp3) is 0.250. The maximum Gasteiger partial charge on any atom is 0.307 e. The van der Waals surface area contributed by atoms with Gasteiger partial charge in [-0.05, 0) is 17.7 Å². The van der Waals surface area contributed by atoms with Crippen LogP contribution in [0.3, 0.4) is 0 Å². The Balaban J connectivity index is 1.69. The Morgan fingerprint density at radius 2 is 1.36 bits per heavy atom. The summed E-state index contributed by atoms with van der Waals surface area (Å²) >= 11 is 0. The van der Waals surface area contributed by atoms with Crippen LogP contribution in [0.4, 0.5) is 0 Å². The molecule has 0 aliphatic carbocycles. The molecule has 0 aromatic heterocycles. The summed E-state index contributed by atoms with van der Waals surface area (Å²) in [6, 6.07) is 20.9. The Morgan fingerprint density at radius 1 is 0.778 bits per heavy atom. The second kappa shape index (κ2) is 12.9. The van der Waals surface area contributed by atoms with Crippen LogP contribution in [-0.2, 0) is 20.9 Å². The van der Waals surface area contributed by atoms with Crippen molar-refractivity contribution in [3.05, 3.63) is 89.5 Å². The molecule has 1 unspecified atom stereocenters. The first-order chi connectivity index (χ1) is 17.5. The van der Waals surface area contributed by atoms with E-state index in [1.165, 1.54) is 21.3 Å². The normalized spacial score (nSPS) is 11.2. The molecule has 0 aliphatic heterocycles. The molecule has 3 rings (SSSR count). The smallest absolute Gasteiger partial charge is 0.307 e. The molecular formula is C28H29NO7. The molecule has 0 spiro atoms. The van der Waals surface area contributed by atoms with Gasteiger partial charge in [0.25, 0.3) is 5.91 Å². The van der Waals surface area contributed by atoms with E-state index < -0.39 is 18.0 Å². The Hall–Kier alpha value is -4.33. The van der Waals surface area contributed by atoms with E-state index in [1.54, 1.807) is 66.7 Å². The second-order valence-electron chi connectivity index (χ2n) is 7.82. The third kappa shape index (κ3) is 6.85. The molecule has 3 aromatic rings. The molecule has 0 aliphatic rings. The zero-order valence-corrected chi connectivity index (χ0v) is 20.5. The number of ketones is 1. The highest BCUT2D eigenvalue weighted by Gasteiger charge is 2.25. The van der Waals surface area contributed by atoms with Crippen LogP contribution in [0.5, 0.6) is 17.2 Å². The Bertz CT molecular complexity index is 1150. The summed E-state index contributed by atoms with van der Waals surface area (Å²) in [5.41, 5.74) is 1.74. The predicted octanol–water partition coefficient (Wildman–Crippen LogP) is 4.28. The van der Waals surface area contributed by atoms with Gasteiger partial charge in [-0.3, -0.25) is 14.4 Å². The summed E-state index contributed by atoms with van der Waals surface area (Å²) in [4.78, 5) is 38.0.